The van der Waals surface area contributed by atoms with Crippen LogP contribution in [0.2, 0.25) is 0 Å². The number of hydrogen-bond donors (Lipinski definition) is 0. The summed E-state index contributed by atoms with van der Waals surface area (Å²) in [7, 11) is 0. The molecule has 2 heteroatoms. The third kappa shape index (κ3) is 9.37. The largest absolute Gasteiger partial charge is 0.353 e. The van der Waals surface area contributed by atoms with Crippen molar-refractivity contribution < 1.29 is 9.47 Å². The molecule has 1 fully saturated rings. The summed E-state index contributed by atoms with van der Waals surface area (Å²) in [6.45, 7) is 3.44. The fourth-order valence-corrected chi connectivity index (χ4v) is 1.76. The van der Waals surface area contributed by atoms with E-state index in [0.29, 0.717) is 6.61 Å². The molecule has 1 atom stereocenters. The maximum Gasteiger partial charge on any atom is 0.158 e. The quantitative estimate of drug-likeness (QED) is 0.554. The third-order valence-corrected chi connectivity index (χ3v) is 2.84. The molecular formula is C17H24O2. The van der Waals surface area contributed by atoms with Crippen molar-refractivity contribution in [1.82, 2.24) is 0 Å². The molecule has 19 heavy (non-hydrogen) atoms. The first-order valence-electron chi connectivity index (χ1n) is 7.28. The van der Waals surface area contributed by atoms with E-state index in [0.717, 1.165) is 25.9 Å². The van der Waals surface area contributed by atoms with Crippen molar-refractivity contribution in [2.24, 2.45) is 0 Å². The van der Waals surface area contributed by atoms with Crippen molar-refractivity contribution in [2.45, 2.75) is 58.2 Å². The summed E-state index contributed by atoms with van der Waals surface area (Å²) in [5.41, 5.74) is 0. The zero-order valence-corrected chi connectivity index (χ0v) is 11.9. The first-order chi connectivity index (χ1) is 9.43. The first kappa shape index (κ1) is 15.8. The van der Waals surface area contributed by atoms with Gasteiger partial charge in [-0.2, -0.15) is 0 Å². The second-order valence-corrected chi connectivity index (χ2v) is 4.54. The van der Waals surface area contributed by atoms with Gasteiger partial charge >= 0.3 is 0 Å². The molecule has 0 bridgehead atoms. The van der Waals surface area contributed by atoms with Gasteiger partial charge in [-0.25, -0.2) is 0 Å². The number of hydrogen-bond acceptors (Lipinski definition) is 2. The minimum Gasteiger partial charge on any atom is -0.353 e. The Balaban J connectivity index is 2.03. The maximum atomic E-state index is 5.49. The smallest absolute Gasteiger partial charge is 0.158 e. The molecule has 104 valence electrons. The van der Waals surface area contributed by atoms with Crippen molar-refractivity contribution in [3.63, 3.8) is 0 Å². The summed E-state index contributed by atoms with van der Waals surface area (Å²) in [5, 5.41) is 0. The van der Waals surface area contributed by atoms with Crippen molar-refractivity contribution in [3.05, 3.63) is 12.2 Å². The Labute approximate surface area is 117 Å². The summed E-state index contributed by atoms with van der Waals surface area (Å²) in [6, 6.07) is 0. The Morgan fingerprint density at radius 2 is 2.00 bits per heavy atom. The molecule has 1 rings (SSSR count). The predicted octanol–water partition coefficient (Wildman–Crippen LogP) is 3.67. The highest BCUT2D eigenvalue weighted by Gasteiger charge is 2.12. The predicted molar refractivity (Wildman–Crippen MR) is 78.4 cm³/mol. The summed E-state index contributed by atoms with van der Waals surface area (Å²) in [4.78, 5) is 0. The van der Waals surface area contributed by atoms with Gasteiger partial charge in [-0.3, -0.25) is 0 Å². The standard InChI is InChI=1S/C17H24O2/c1-2-3-4-5-6-7-8-9-10-12-15-18-17-14-11-13-16-19-17/h8-9,17H,2-5,11,13-16H2,1H3/b9-8-. The lowest BCUT2D eigenvalue weighted by atomic mass is 10.2. The summed E-state index contributed by atoms with van der Waals surface area (Å²) >= 11 is 0. The van der Waals surface area contributed by atoms with E-state index in [1.165, 1.54) is 25.7 Å². The monoisotopic (exact) mass is 260 g/mol. The highest BCUT2D eigenvalue weighted by atomic mass is 16.7. The molecule has 0 radical (unpaired) electrons. The van der Waals surface area contributed by atoms with Crippen molar-refractivity contribution in [2.75, 3.05) is 13.2 Å². The third-order valence-electron chi connectivity index (χ3n) is 2.84. The average Bonchev–Trinajstić information content (AvgIpc) is 2.46. The van der Waals surface area contributed by atoms with Gasteiger partial charge in [0.15, 0.2) is 6.29 Å². The molecule has 0 aliphatic carbocycles. The fourth-order valence-electron chi connectivity index (χ4n) is 1.76. The Bertz CT molecular complexity index is 356. The van der Waals surface area contributed by atoms with E-state index >= 15 is 0 Å². The van der Waals surface area contributed by atoms with Gasteiger partial charge in [-0.05, 0) is 37.8 Å². The van der Waals surface area contributed by atoms with Crippen LogP contribution in [0.1, 0.15) is 51.9 Å². The van der Waals surface area contributed by atoms with Crippen LogP contribution in [-0.4, -0.2) is 19.5 Å². The molecule has 2 nitrogen and oxygen atoms in total. The van der Waals surface area contributed by atoms with Crippen molar-refractivity contribution >= 4 is 0 Å². The van der Waals surface area contributed by atoms with Crippen molar-refractivity contribution in [1.29, 1.82) is 0 Å². The van der Waals surface area contributed by atoms with Gasteiger partial charge in [0.25, 0.3) is 0 Å². The van der Waals surface area contributed by atoms with E-state index in [4.69, 9.17) is 9.47 Å². The molecule has 1 heterocycles. The van der Waals surface area contributed by atoms with Gasteiger partial charge in [-0.15, -0.1) is 0 Å². The van der Waals surface area contributed by atoms with Crippen LogP contribution in [0.3, 0.4) is 0 Å². The lowest BCUT2D eigenvalue weighted by Crippen LogP contribution is -2.22. The Morgan fingerprint density at radius 1 is 1.16 bits per heavy atom. The van der Waals surface area contributed by atoms with Crippen LogP contribution in [0.5, 0.6) is 0 Å². The van der Waals surface area contributed by atoms with Crippen LogP contribution >= 0.6 is 0 Å². The summed E-state index contributed by atoms with van der Waals surface area (Å²) in [6.07, 6.45) is 11.5. The highest BCUT2D eigenvalue weighted by molar-refractivity contribution is 5.24. The molecule has 0 aromatic carbocycles. The molecule has 0 spiro atoms. The summed E-state index contributed by atoms with van der Waals surface area (Å²) < 4.78 is 10.9. The fraction of sp³-hybridized carbons (Fsp3) is 0.647. The van der Waals surface area contributed by atoms with Crippen molar-refractivity contribution in [3.8, 4) is 23.7 Å². The topological polar surface area (TPSA) is 18.5 Å². The second-order valence-electron chi connectivity index (χ2n) is 4.54. The van der Waals surface area contributed by atoms with E-state index in [9.17, 15) is 0 Å². The molecule has 0 aromatic heterocycles. The normalized spacial score (nSPS) is 18.5. The molecule has 1 saturated heterocycles. The van der Waals surface area contributed by atoms with E-state index in [1.807, 2.05) is 0 Å². The maximum absolute atomic E-state index is 5.49. The average molecular weight is 260 g/mol. The zero-order valence-electron chi connectivity index (χ0n) is 11.9. The van der Waals surface area contributed by atoms with Crippen LogP contribution < -0.4 is 0 Å². The molecule has 0 N–H and O–H groups in total. The van der Waals surface area contributed by atoms with Crippen LogP contribution in [-0.2, 0) is 9.47 Å². The van der Waals surface area contributed by atoms with Gasteiger partial charge < -0.3 is 9.47 Å². The van der Waals surface area contributed by atoms with Gasteiger partial charge in [0.1, 0.15) is 6.61 Å². The first-order valence-corrected chi connectivity index (χ1v) is 7.28. The van der Waals surface area contributed by atoms with Crippen LogP contribution in [0, 0.1) is 23.7 Å². The van der Waals surface area contributed by atoms with E-state index in [2.05, 4.69) is 30.6 Å². The van der Waals surface area contributed by atoms with Gasteiger partial charge in [0.05, 0.1) is 0 Å². The number of unbranched alkanes of at least 4 members (excludes halogenated alkanes) is 3. The molecule has 1 aliphatic rings. The number of ether oxygens (including phenoxy) is 2. The minimum absolute atomic E-state index is 0.0506. The number of rotatable bonds is 5. The van der Waals surface area contributed by atoms with Crippen LogP contribution in [0.15, 0.2) is 12.2 Å². The van der Waals surface area contributed by atoms with Gasteiger partial charge in [0, 0.05) is 13.0 Å². The Hall–Kier alpha value is -1.22. The summed E-state index contributed by atoms with van der Waals surface area (Å²) in [5.74, 6) is 11.9. The molecule has 1 unspecified atom stereocenters. The SMILES string of the molecule is CCCCCC#C/C=C\C#CCOC1CCCCO1. The lowest BCUT2D eigenvalue weighted by molar-refractivity contribution is -0.154. The molecule has 0 saturated carbocycles. The van der Waals surface area contributed by atoms with E-state index in [1.54, 1.807) is 12.2 Å². The Kier molecular flexibility index (Phi) is 9.87. The van der Waals surface area contributed by atoms with Crippen LogP contribution in [0.25, 0.3) is 0 Å². The lowest BCUT2D eigenvalue weighted by Gasteiger charge is -2.21. The minimum atomic E-state index is -0.0506. The van der Waals surface area contributed by atoms with Gasteiger partial charge in [-0.1, -0.05) is 43.4 Å². The second kappa shape index (κ2) is 11.8. The molecule has 1 aliphatic heterocycles. The molecule has 0 amide bonds. The highest BCUT2D eigenvalue weighted by Crippen LogP contribution is 2.12. The van der Waals surface area contributed by atoms with Gasteiger partial charge in [0.2, 0.25) is 0 Å². The number of allylic oxidation sites excluding steroid dienone is 2. The Morgan fingerprint density at radius 3 is 2.74 bits per heavy atom. The van der Waals surface area contributed by atoms with Crippen LogP contribution in [0.4, 0.5) is 0 Å². The molecular weight excluding hydrogens is 236 g/mol. The van der Waals surface area contributed by atoms with E-state index in [-0.39, 0.29) is 6.29 Å². The molecule has 0 aromatic rings. The zero-order chi connectivity index (χ0) is 13.6. The van der Waals surface area contributed by atoms with E-state index < -0.39 is 0 Å².